The van der Waals surface area contributed by atoms with Gasteiger partial charge in [0.1, 0.15) is 29.4 Å². The highest BCUT2D eigenvalue weighted by Crippen LogP contribution is 2.43. The highest BCUT2D eigenvalue weighted by Gasteiger charge is 2.45. The van der Waals surface area contributed by atoms with Gasteiger partial charge in [-0.1, -0.05) is 61.5 Å². The quantitative estimate of drug-likeness (QED) is 0.301. The van der Waals surface area contributed by atoms with Crippen LogP contribution in [0.2, 0.25) is 0 Å². The van der Waals surface area contributed by atoms with Crippen molar-refractivity contribution in [3.63, 3.8) is 0 Å². The maximum atomic E-state index is 12.6. The van der Waals surface area contributed by atoms with Gasteiger partial charge in [-0.3, -0.25) is 14.3 Å². The zero-order chi connectivity index (χ0) is 29.1. The van der Waals surface area contributed by atoms with Crippen LogP contribution in [0.25, 0.3) is 0 Å². The normalized spacial score (nSPS) is 20.6. The summed E-state index contributed by atoms with van der Waals surface area (Å²) in [7, 11) is 3.23. The van der Waals surface area contributed by atoms with Crippen molar-refractivity contribution >= 4 is 0 Å². The second-order valence-corrected chi connectivity index (χ2v) is 10.2. The molecule has 1 aliphatic heterocycles. The summed E-state index contributed by atoms with van der Waals surface area (Å²) < 4.78 is 25.3. The molecule has 5 rings (SSSR count). The van der Waals surface area contributed by atoms with Gasteiger partial charge < -0.3 is 24.1 Å². The van der Waals surface area contributed by atoms with Crippen LogP contribution in [0.5, 0.6) is 11.5 Å². The fraction of sp³-hybridized carbons (Fsp3) is 0.312. The van der Waals surface area contributed by atoms with Gasteiger partial charge in [0, 0.05) is 17.7 Å². The van der Waals surface area contributed by atoms with E-state index < -0.39 is 41.2 Å². The van der Waals surface area contributed by atoms with E-state index in [4.69, 9.17) is 18.9 Å². The predicted octanol–water partition coefficient (Wildman–Crippen LogP) is 3.77. The van der Waals surface area contributed by atoms with E-state index in [0.29, 0.717) is 17.1 Å². The molecule has 0 saturated carbocycles. The molecule has 2 N–H and O–H groups in total. The maximum Gasteiger partial charge on any atom is 0.330 e. The third kappa shape index (κ3) is 5.31. The van der Waals surface area contributed by atoms with Gasteiger partial charge in [-0.05, 0) is 47.9 Å². The van der Waals surface area contributed by atoms with Crippen molar-refractivity contribution in [3.8, 4) is 11.5 Å². The number of aromatic amines is 1. The third-order valence-electron chi connectivity index (χ3n) is 7.74. The number of aryl methyl sites for hydroxylation is 1. The van der Waals surface area contributed by atoms with Crippen molar-refractivity contribution in [1.82, 2.24) is 9.55 Å². The molecule has 1 fully saturated rings. The van der Waals surface area contributed by atoms with Gasteiger partial charge in [0.05, 0.1) is 26.9 Å². The fourth-order valence-corrected chi connectivity index (χ4v) is 5.40. The number of nitrogens with one attached hydrogen (secondary N) is 1. The van der Waals surface area contributed by atoms with Gasteiger partial charge >= 0.3 is 5.69 Å². The average Bonchev–Trinajstić information content (AvgIpc) is 3.29. The summed E-state index contributed by atoms with van der Waals surface area (Å²) in [6, 6.07) is 25.2. The van der Waals surface area contributed by atoms with Gasteiger partial charge in [0.15, 0.2) is 0 Å². The number of rotatable bonds is 9. The monoisotopic (exact) mass is 558 g/mol. The predicted molar refractivity (Wildman–Crippen MR) is 153 cm³/mol. The first-order valence-electron chi connectivity index (χ1n) is 13.4. The summed E-state index contributed by atoms with van der Waals surface area (Å²) in [5, 5.41) is 11.2. The van der Waals surface area contributed by atoms with E-state index in [1.54, 1.807) is 28.1 Å². The zero-order valence-electron chi connectivity index (χ0n) is 23.4. The van der Waals surface area contributed by atoms with Crippen molar-refractivity contribution in [2.75, 3.05) is 20.8 Å². The number of aliphatic hydroxyl groups excluding tert-OH is 1. The molecule has 9 heteroatoms. The molecule has 0 aliphatic carbocycles. The number of aromatic nitrogens is 2. The second kappa shape index (κ2) is 11.7. The lowest BCUT2D eigenvalue weighted by Gasteiger charge is -2.37. The molecule has 1 aromatic heterocycles. The Kier molecular flexibility index (Phi) is 8.12. The van der Waals surface area contributed by atoms with Gasteiger partial charge in [-0.15, -0.1) is 0 Å². The molecular weight excluding hydrogens is 524 g/mol. The van der Waals surface area contributed by atoms with Crippen molar-refractivity contribution < 1.29 is 24.1 Å². The van der Waals surface area contributed by atoms with Crippen molar-refractivity contribution in [1.29, 1.82) is 0 Å². The van der Waals surface area contributed by atoms with Crippen LogP contribution in [0, 0.1) is 12.8 Å². The zero-order valence-corrected chi connectivity index (χ0v) is 23.4. The van der Waals surface area contributed by atoms with Crippen LogP contribution in [-0.2, 0) is 15.1 Å². The smallest absolute Gasteiger partial charge is 0.330 e. The van der Waals surface area contributed by atoms with Crippen molar-refractivity contribution in [3.05, 3.63) is 128 Å². The minimum atomic E-state index is -1.09. The summed E-state index contributed by atoms with van der Waals surface area (Å²) in [6.45, 7) is 3.43. The Balaban J connectivity index is 1.56. The van der Waals surface area contributed by atoms with E-state index in [1.807, 2.05) is 78.9 Å². The number of aliphatic hydroxyl groups is 1. The molecule has 0 unspecified atom stereocenters. The Bertz CT molecular complexity index is 1530. The molecular formula is C32H34N2O7. The highest BCUT2D eigenvalue weighted by atomic mass is 16.6. The molecule has 0 amide bonds. The SMILES string of the molecule is COc1ccc(C(OC[C@H]2O[C@@H](n3cc(C)c(=O)[nH]c3=O)[C@H](C)[C@@H]2O)(c2ccccc2)c2ccc(OC)cc2)cc1. The number of H-pyrrole nitrogens is 1. The number of hydrogen-bond acceptors (Lipinski definition) is 7. The Morgan fingerprint density at radius 2 is 1.41 bits per heavy atom. The minimum Gasteiger partial charge on any atom is -0.497 e. The first-order chi connectivity index (χ1) is 19.8. The first kappa shape index (κ1) is 28.4. The van der Waals surface area contributed by atoms with Crippen LogP contribution < -0.4 is 20.7 Å². The number of hydrogen-bond donors (Lipinski definition) is 2. The largest absolute Gasteiger partial charge is 0.497 e. The number of benzene rings is 3. The lowest BCUT2D eigenvalue weighted by molar-refractivity contribution is -0.0948. The molecule has 4 atom stereocenters. The minimum absolute atomic E-state index is 0.00600. The molecule has 214 valence electrons. The molecule has 0 spiro atoms. The molecule has 1 aliphatic rings. The number of methoxy groups -OCH3 is 2. The Morgan fingerprint density at radius 3 is 1.95 bits per heavy atom. The summed E-state index contributed by atoms with van der Waals surface area (Å²) in [5.41, 5.74) is 0.802. The van der Waals surface area contributed by atoms with Crippen LogP contribution in [0.3, 0.4) is 0 Å². The third-order valence-corrected chi connectivity index (χ3v) is 7.74. The summed E-state index contributed by atoms with van der Waals surface area (Å²) in [6.07, 6.45) is -1.01. The standard InChI is InChI=1S/C32H34N2O7/c1-20-18-34(31(37)33-29(20)36)30-21(2)28(35)27(41-30)19-40-32(22-8-6-5-7-9-22,23-10-14-25(38-3)15-11-23)24-12-16-26(39-4)17-13-24/h5-18,21,27-28,30,35H,19H2,1-4H3,(H,33,36,37)/t21-,27-,28+,30-/m1/s1. The lowest BCUT2D eigenvalue weighted by atomic mass is 9.80. The van der Waals surface area contributed by atoms with Gasteiger partial charge in [-0.25, -0.2) is 4.79 Å². The van der Waals surface area contributed by atoms with E-state index in [-0.39, 0.29) is 6.61 Å². The lowest BCUT2D eigenvalue weighted by Crippen LogP contribution is -2.38. The fourth-order valence-electron chi connectivity index (χ4n) is 5.40. The van der Waals surface area contributed by atoms with Crippen LogP contribution in [0.15, 0.2) is 94.6 Å². The molecule has 41 heavy (non-hydrogen) atoms. The van der Waals surface area contributed by atoms with Crippen LogP contribution in [0.4, 0.5) is 0 Å². The molecule has 9 nitrogen and oxygen atoms in total. The molecule has 1 saturated heterocycles. The van der Waals surface area contributed by atoms with E-state index in [0.717, 1.165) is 16.7 Å². The van der Waals surface area contributed by atoms with E-state index in [9.17, 15) is 14.7 Å². The topological polar surface area (TPSA) is 112 Å². The Hall–Kier alpha value is -4.18. The average molecular weight is 559 g/mol. The second-order valence-electron chi connectivity index (χ2n) is 10.2. The van der Waals surface area contributed by atoms with E-state index in [2.05, 4.69) is 4.98 Å². The van der Waals surface area contributed by atoms with Gasteiger partial charge in [0.25, 0.3) is 5.56 Å². The number of nitrogens with zero attached hydrogens (tertiary/aromatic N) is 1. The summed E-state index contributed by atoms with van der Waals surface area (Å²) >= 11 is 0. The highest BCUT2D eigenvalue weighted by molar-refractivity contribution is 5.49. The molecule has 2 heterocycles. The van der Waals surface area contributed by atoms with Gasteiger partial charge in [-0.2, -0.15) is 0 Å². The van der Waals surface area contributed by atoms with Crippen LogP contribution >= 0.6 is 0 Å². The molecule has 4 aromatic rings. The van der Waals surface area contributed by atoms with Crippen molar-refractivity contribution in [2.45, 2.75) is 37.9 Å². The summed E-state index contributed by atoms with van der Waals surface area (Å²) in [4.78, 5) is 26.8. The maximum absolute atomic E-state index is 12.6. The molecule has 3 aromatic carbocycles. The Labute approximate surface area is 237 Å². The first-order valence-corrected chi connectivity index (χ1v) is 13.4. The van der Waals surface area contributed by atoms with E-state index >= 15 is 0 Å². The number of ether oxygens (including phenoxy) is 4. The van der Waals surface area contributed by atoms with Gasteiger partial charge in [0.2, 0.25) is 0 Å². The van der Waals surface area contributed by atoms with Crippen LogP contribution in [-0.4, -0.2) is 47.7 Å². The van der Waals surface area contributed by atoms with E-state index in [1.165, 1.54) is 10.8 Å². The Morgan fingerprint density at radius 1 is 0.878 bits per heavy atom. The molecule has 0 bridgehead atoms. The molecule has 0 radical (unpaired) electrons. The summed E-state index contributed by atoms with van der Waals surface area (Å²) in [5.74, 6) is 0.969. The van der Waals surface area contributed by atoms with Crippen molar-refractivity contribution in [2.24, 2.45) is 5.92 Å². The van der Waals surface area contributed by atoms with Crippen LogP contribution in [0.1, 0.15) is 35.4 Å².